The highest BCUT2D eigenvalue weighted by atomic mass is 16.3. The quantitative estimate of drug-likeness (QED) is 0.887. The van der Waals surface area contributed by atoms with Crippen LogP contribution in [-0.4, -0.2) is 21.2 Å². The van der Waals surface area contributed by atoms with Crippen molar-refractivity contribution in [1.82, 2.24) is 9.97 Å². The van der Waals surface area contributed by atoms with Gasteiger partial charge in [0, 0.05) is 18.8 Å². The average Bonchev–Trinajstić information content (AvgIpc) is 2.74. The molecule has 4 bridgehead atoms. The van der Waals surface area contributed by atoms with Gasteiger partial charge in [0.05, 0.1) is 6.10 Å². The van der Waals surface area contributed by atoms with E-state index in [1.165, 1.54) is 38.5 Å². The Bertz CT molecular complexity index is 505. The molecule has 0 radical (unpaired) electrons. The van der Waals surface area contributed by atoms with Crippen LogP contribution in [0.2, 0.25) is 0 Å². The summed E-state index contributed by atoms with van der Waals surface area (Å²) in [6.07, 6.45) is 13.3. The predicted octanol–water partition coefficient (Wildman–Crippen LogP) is 3.70. The van der Waals surface area contributed by atoms with Gasteiger partial charge in [0.25, 0.3) is 0 Å². The van der Waals surface area contributed by atoms with Crippen LogP contribution in [0.25, 0.3) is 0 Å². The maximum atomic E-state index is 10.6. The molecule has 5 rings (SSSR count). The van der Waals surface area contributed by atoms with E-state index in [0.29, 0.717) is 22.7 Å². The first-order valence-corrected chi connectivity index (χ1v) is 8.54. The van der Waals surface area contributed by atoms with Gasteiger partial charge in [-0.1, -0.05) is 13.8 Å². The number of aliphatic hydroxyl groups is 1. The van der Waals surface area contributed by atoms with E-state index in [-0.39, 0.29) is 6.10 Å². The molecule has 0 spiro atoms. The monoisotopic (exact) mass is 288 g/mol. The van der Waals surface area contributed by atoms with E-state index in [9.17, 15) is 5.11 Å². The van der Waals surface area contributed by atoms with Crippen molar-refractivity contribution in [1.29, 1.82) is 0 Å². The number of hydrogen-bond acceptors (Lipinski definition) is 2. The Morgan fingerprint density at radius 3 is 2.52 bits per heavy atom. The smallest absolute Gasteiger partial charge is 0.108 e. The molecule has 1 aromatic heterocycles. The van der Waals surface area contributed by atoms with Crippen LogP contribution < -0.4 is 0 Å². The third-order valence-electron chi connectivity index (χ3n) is 6.39. The molecule has 3 heteroatoms. The molecule has 3 atom stereocenters. The zero-order valence-electron chi connectivity index (χ0n) is 13.4. The molecule has 0 aliphatic heterocycles. The minimum absolute atomic E-state index is 0.250. The van der Waals surface area contributed by atoms with Crippen LogP contribution >= 0.6 is 0 Å². The summed E-state index contributed by atoms with van der Waals surface area (Å²) in [5, 5.41) is 10.6. The van der Waals surface area contributed by atoms with E-state index in [2.05, 4.69) is 23.8 Å². The second kappa shape index (κ2) is 4.34. The molecule has 21 heavy (non-hydrogen) atoms. The maximum Gasteiger partial charge on any atom is 0.108 e. The summed E-state index contributed by atoms with van der Waals surface area (Å²) in [6, 6.07) is 0. The lowest BCUT2D eigenvalue weighted by atomic mass is 9.39. The van der Waals surface area contributed by atoms with Crippen molar-refractivity contribution in [3.05, 3.63) is 18.2 Å². The lowest BCUT2D eigenvalue weighted by molar-refractivity contribution is -0.156. The number of imidazole rings is 1. The Kier molecular flexibility index (Phi) is 2.86. The zero-order chi connectivity index (χ0) is 14.7. The van der Waals surface area contributed by atoms with Crippen LogP contribution in [-0.2, 0) is 6.42 Å². The van der Waals surface area contributed by atoms with Crippen molar-refractivity contribution in [2.75, 3.05) is 0 Å². The van der Waals surface area contributed by atoms with Crippen molar-refractivity contribution in [2.45, 2.75) is 71.3 Å². The van der Waals surface area contributed by atoms with Crippen LogP contribution in [0.5, 0.6) is 0 Å². The number of H-pyrrole nitrogens is 1. The first kappa shape index (κ1) is 13.8. The summed E-state index contributed by atoms with van der Waals surface area (Å²) in [4.78, 5) is 7.38. The van der Waals surface area contributed by atoms with Gasteiger partial charge in [0.15, 0.2) is 0 Å². The summed E-state index contributed by atoms with van der Waals surface area (Å²) in [5.41, 5.74) is 1.48. The van der Waals surface area contributed by atoms with Gasteiger partial charge in [-0.15, -0.1) is 0 Å². The first-order valence-electron chi connectivity index (χ1n) is 8.54. The fourth-order valence-corrected chi connectivity index (χ4v) is 7.12. The predicted molar refractivity (Wildman–Crippen MR) is 82.8 cm³/mol. The van der Waals surface area contributed by atoms with Crippen LogP contribution in [0.3, 0.4) is 0 Å². The van der Waals surface area contributed by atoms with E-state index in [1.54, 1.807) is 6.20 Å². The van der Waals surface area contributed by atoms with Crippen molar-refractivity contribution >= 4 is 0 Å². The third-order valence-corrected chi connectivity index (χ3v) is 6.39. The second-order valence-corrected chi connectivity index (χ2v) is 9.23. The fraction of sp³-hybridized carbons (Fsp3) is 0.833. The Morgan fingerprint density at radius 1 is 1.24 bits per heavy atom. The summed E-state index contributed by atoms with van der Waals surface area (Å²) in [7, 11) is 0. The van der Waals surface area contributed by atoms with Crippen molar-refractivity contribution in [3.63, 3.8) is 0 Å². The molecular weight excluding hydrogens is 260 g/mol. The molecule has 0 saturated heterocycles. The molecule has 0 amide bonds. The number of aromatic amines is 1. The molecule has 116 valence electrons. The first-order chi connectivity index (χ1) is 9.88. The zero-order valence-corrected chi connectivity index (χ0v) is 13.4. The van der Waals surface area contributed by atoms with Crippen LogP contribution in [0.15, 0.2) is 12.4 Å². The number of aromatic nitrogens is 2. The Hall–Kier alpha value is -0.830. The summed E-state index contributed by atoms with van der Waals surface area (Å²) >= 11 is 0. The Balaban J connectivity index is 1.51. The molecule has 4 aliphatic carbocycles. The minimum atomic E-state index is -0.250. The largest absolute Gasteiger partial charge is 0.393 e. The second-order valence-electron chi connectivity index (χ2n) is 9.23. The van der Waals surface area contributed by atoms with Gasteiger partial charge in [0.1, 0.15) is 5.82 Å². The lowest BCUT2D eigenvalue weighted by Gasteiger charge is -2.66. The number of rotatable bonds is 4. The average molecular weight is 288 g/mol. The summed E-state index contributed by atoms with van der Waals surface area (Å²) < 4.78 is 0. The van der Waals surface area contributed by atoms with E-state index in [0.717, 1.165) is 18.2 Å². The van der Waals surface area contributed by atoms with Gasteiger partial charge < -0.3 is 10.1 Å². The molecule has 3 nitrogen and oxygen atoms in total. The van der Waals surface area contributed by atoms with E-state index in [4.69, 9.17) is 0 Å². The summed E-state index contributed by atoms with van der Waals surface area (Å²) in [6.45, 7) is 5.01. The van der Waals surface area contributed by atoms with E-state index < -0.39 is 0 Å². The molecule has 4 aliphatic rings. The van der Waals surface area contributed by atoms with Gasteiger partial charge >= 0.3 is 0 Å². The van der Waals surface area contributed by atoms with E-state index >= 15 is 0 Å². The highest BCUT2D eigenvalue weighted by Crippen LogP contribution is 2.70. The Labute approximate surface area is 127 Å². The Morgan fingerprint density at radius 2 is 1.95 bits per heavy atom. The van der Waals surface area contributed by atoms with Crippen LogP contribution in [0.4, 0.5) is 0 Å². The van der Waals surface area contributed by atoms with Gasteiger partial charge in [0.2, 0.25) is 0 Å². The molecule has 1 aromatic rings. The highest BCUT2D eigenvalue weighted by molar-refractivity contribution is 5.11. The van der Waals surface area contributed by atoms with Crippen LogP contribution in [0, 0.1) is 22.2 Å². The SMILES string of the molecule is CC12CC3CC(C)(C1)CC(CC(O)Cc1ncc[nH]1)(C3)C2. The minimum Gasteiger partial charge on any atom is -0.393 e. The third kappa shape index (κ3) is 2.44. The topological polar surface area (TPSA) is 48.9 Å². The van der Waals surface area contributed by atoms with Gasteiger partial charge in [-0.2, -0.15) is 0 Å². The normalized spacial score (nSPS) is 46.0. The standard InChI is InChI=1S/C18H28N2O/c1-16-6-13-7-17(2,10-16)12-18(8-13,11-16)9-14(21)5-15-19-3-4-20-15/h3-4,13-14,21H,5-12H2,1-2H3,(H,19,20). The number of hydrogen-bond donors (Lipinski definition) is 2. The maximum absolute atomic E-state index is 10.6. The molecule has 4 fully saturated rings. The molecule has 0 aromatic carbocycles. The van der Waals surface area contributed by atoms with Gasteiger partial charge in [-0.3, -0.25) is 0 Å². The molecule has 2 N–H and O–H groups in total. The van der Waals surface area contributed by atoms with Crippen molar-refractivity contribution < 1.29 is 5.11 Å². The highest BCUT2D eigenvalue weighted by Gasteiger charge is 2.60. The van der Waals surface area contributed by atoms with Gasteiger partial charge in [-0.05, 0) is 67.1 Å². The fourth-order valence-electron chi connectivity index (χ4n) is 7.12. The summed E-state index contributed by atoms with van der Waals surface area (Å²) in [5.74, 6) is 1.83. The number of nitrogens with zero attached hydrogens (tertiary/aromatic N) is 1. The van der Waals surface area contributed by atoms with Gasteiger partial charge in [-0.25, -0.2) is 4.98 Å². The number of aliphatic hydroxyl groups excluding tert-OH is 1. The molecular formula is C18H28N2O. The molecule has 4 saturated carbocycles. The van der Waals surface area contributed by atoms with Crippen molar-refractivity contribution in [3.8, 4) is 0 Å². The van der Waals surface area contributed by atoms with Crippen molar-refractivity contribution in [2.24, 2.45) is 22.2 Å². The van der Waals surface area contributed by atoms with Crippen LogP contribution in [0.1, 0.15) is 64.6 Å². The molecule has 1 heterocycles. The van der Waals surface area contributed by atoms with E-state index in [1.807, 2.05) is 6.20 Å². The molecule has 3 unspecified atom stereocenters. The number of nitrogens with one attached hydrogen (secondary N) is 1. The lowest BCUT2D eigenvalue weighted by Crippen LogP contribution is -2.55.